The number of rotatable bonds is 7. The second kappa shape index (κ2) is 9.83. The summed E-state index contributed by atoms with van der Waals surface area (Å²) in [5.41, 5.74) is 4.89. The number of aromatic nitrogens is 2. The molecule has 0 radical (unpaired) electrons. The van der Waals surface area contributed by atoms with E-state index in [1.807, 2.05) is 7.05 Å². The average Bonchev–Trinajstić information content (AvgIpc) is 2.80. The van der Waals surface area contributed by atoms with Crippen molar-refractivity contribution in [3.05, 3.63) is 77.7 Å². The first-order valence-electron chi connectivity index (χ1n) is 10.8. The normalized spacial score (nSPS) is 14.8. The molecular formula is C25H31N5. The van der Waals surface area contributed by atoms with E-state index >= 15 is 0 Å². The number of hydrogen-bond donors (Lipinski definition) is 2. The zero-order valence-corrected chi connectivity index (χ0v) is 17.9. The molecule has 1 aliphatic rings. The van der Waals surface area contributed by atoms with Crippen LogP contribution in [0.3, 0.4) is 0 Å². The summed E-state index contributed by atoms with van der Waals surface area (Å²) in [6.07, 6.45) is 2.21. The Morgan fingerprint density at radius 3 is 2.33 bits per heavy atom. The SMILES string of the molecule is CNc1cc(CN(C)Cc2ccc(-c3ccccc3)cc2)nc(C2CCNCC2)n1. The van der Waals surface area contributed by atoms with Crippen LogP contribution in [0.25, 0.3) is 11.1 Å². The number of nitrogens with zero attached hydrogens (tertiary/aromatic N) is 3. The predicted molar refractivity (Wildman–Crippen MR) is 123 cm³/mol. The quantitative estimate of drug-likeness (QED) is 0.619. The molecule has 0 aliphatic carbocycles. The largest absolute Gasteiger partial charge is 0.373 e. The number of hydrogen-bond acceptors (Lipinski definition) is 5. The minimum atomic E-state index is 0.453. The van der Waals surface area contributed by atoms with Crippen molar-refractivity contribution in [2.45, 2.75) is 31.8 Å². The Morgan fingerprint density at radius 2 is 1.63 bits per heavy atom. The molecule has 156 valence electrons. The summed E-state index contributed by atoms with van der Waals surface area (Å²) >= 11 is 0. The molecule has 2 N–H and O–H groups in total. The molecular weight excluding hydrogens is 370 g/mol. The number of piperidine rings is 1. The van der Waals surface area contributed by atoms with E-state index in [2.05, 4.69) is 83.2 Å². The molecule has 2 aromatic carbocycles. The van der Waals surface area contributed by atoms with Gasteiger partial charge in [0, 0.05) is 32.1 Å². The minimum Gasteiger partial charge on any atom is -0.373 e. The van der Waals surface area contributed by atoms with E-state index in [4.69, 9.17) is 9.97 Å². The Bertz CT molecular complexity index is 934. The Balaban J connectivity index is 1.42. The van der Waals surface area contributed by atoms with Crippen LogP contribution in [0, 0.1) is 0 Å². The molecule has 30 heavy (non-hydrogen) atoms. The fourth-order valence-electron chi connectivity index (χ4n) is 4.07. The standard InChI is InChI=1S/C25H31N5/c1-26-24-16-23(28-25(29-24)22-12-14-27-15-13-22)18-30(2)17-19-8-10-21(11-9-19)20-6-4-3-5-7-20/h3-11,16,22,27H,12-15,17-18H2,1-2H3,(H,26,28,29). The molecule has 0 atom stereocenters. The number of benzene rings is 2. The van der Waals surface area contributed by atoms with Crippen LogP contribution in [0.15, 0.2) is 60.7 Å². The predicted octanol–water partition coefficient (Wildman–Crippen LogP) is 4.28. The zero-order chi connectivity index (χ0) is 20.8. The molecule has 0 unspecified atom stereocenters. The number of anilines is 1. The van der Waals surface area contributed by atoms with Gasteiger partial charge in [0.05, 0.1) is 5.69 Å². The molecule has 5 nitrogen and oxygen atoms in total. The lowest BCUT2D eigenvalue weighted by Gasteiger charge is -2.23. The maximum Gasteiger partial charge on any atom is 0.134 e. The minimum absolute atomic E-state index is 0.453. The summed E-state index contributed by atoms with van der Waals surface area (Å²) in [4.78, 5) is 12.0. The molecule has 1 aromatic heterocycles. The van der Waals surface area contributed by atoms with E-state index in [0.717, 1.165) is 56.4 Å². The van der Waals surface area contributed by atoms with Crippen LogP contribution in [0.1, 0.15) is 35.8 Å². The highest BCUT2D eigenvalue weighted by molar-refractivity contribution is 5.63. The van der Waals surface area contributed by atoms with Crippen LogP contribution >= 0.6 is 0 Å². The first kappa shape index (κ1) is 20.5. The molecule has 5 heteroatoms. The van der Waals surface area contributed by atoms with Crippen molar-refractivity contribution in [3.8, 4) is 11.1 Å². The molecule has 0 saturated carbocycles. The van der Waals surface area contributed by atoms with E-state index in [1.54, 1.807) is 0 Å². The van der Waals surface area contributed by atoms with Gasteiger partial charge in [-0.15, -0.1) is 0 Å². The lowest BCUT2D eigenvalue weighted by atomic mass is 9.97. The Hall–Kier alpha value is -2.76. The first-order chi connectivity index (χ1) is 14.7. The lowest BCUT2D eigenvalue weighted by molar-refractivity contribution is 0.314. The third-order valence-corrected chi connectivity index (χ3v) is 5.70. The van der Waals surface area contributed by atoms with Crippen LogP contribution < -0.4 is 10.6 Å². The van der Waals surface area contributed by atoms with Crippen molar-refractivity contribution in [1.29, 1.82) is 0 Å². The van der Waals surface area contributed by atoms with Crippen molar-refractivity contribution >= 4 is 5.82 Å². The van der Waals surface area contributed by atoms with Crippen LogP contribution in [-0.4, -0.2) is 42.1 Å². The van der Waals surface area contributed by atoms with Crippen molar-refractivity contribution in [2.24, 2.45) is 0 Å². The van der Waals surface area contributed by atoms with Crippen molar-refractivity contribution in [2.75, 3.05) is 32.5 Å². The lowest BCUT2D eigenvalue weighted by Crippen LogP contribution is -2.28. The summed E-state index contributed by atoms with van der Waals surface area (Å²) in [6, 6.07) is 21.4. The highest BCUT2D eigenvalue weighted by Gasteiger charge is 2.19. The summed E-state index contributed by atoms with van der Waals surface area (Å²) in [6.45, 7) is 3.78. The Kier molecular flexibility index (Phi) is 6.72. The molecule has 0 spiro atoms. The molecule has 2 heterocycles. The molecule has 4 rings (SSSR count). The van der Waals surface area contributed by atoms with E-state index in [0.29, 0.717) is 5.92 Å². The Labute approximate surface area is 179 Å². The monoisotopic (exact) mass is 401 g/mol. The van der Waals surface area contributed by atoms with E-state index in [1.165, 1.54) is 16.7 Å². The fraction of sp³-hybridized carbons (Fsp3) is 0.360. The third kappa shape index (κ3) is 5.23. The molecule has 1 saturated heterocycles. The second-order valence-electron chi connectivity index (χ2n) is 8.11. The summed E-state index contributed by atoms with van der Waals surface area (Å²) in [5.74, 6) is 2.35. The van der Waals surface area contributed by atoms with Gasteiger partial charge in [0.1, 0.15) is 11.6 Å². The van der Waals surface area contributed by atoms with E-state index < -0.39 is 0 Å². The molecule has 0 amide bonds. The summed E-state index contributed by atoms with van der Waals surface area (Å²) in [7, 11) is 4.08. The van der Waals surface area contributed by atoms with Crippen molar-refractivity contribution < 1.29 is 0 Å². The highest BCUT2D eigenvalue weighted by atomic mass is 15.1. The first-order valence-corrected chi connectivity index (χ1v) is 10.8. The molecule has 0 bridgehead atoms. The maximum absolute atomic E-state index is 4.92. The maximum atomic E-state index is 4.92. The zero-order valence-electron chi connectivity index (χ0n) is 17.9. The van der Waals surface area contributed by atoms with Gasteiger partial charge in [-0.1, -0.05) is 54.6 Å². The van der Waals surface area contributed by atoms with Crippen LogP contribution in [-0.2, 0) is 13.1 Å². The van der Waals surface area contributed by atoms with E-state index in [9.17, 15) is 0 Å². The van der Waals surface area contributed by atoms with Gasteiger partial charge in [0.25, 0.3) is 0 Å². The van der Waals surface area contributed by atoms with Gasteiger partial charge in [-0.05, 0) is 49.7 Å². The topological polar surface area (TPSA) is 53.1 Å². The smallest absolute Gasteiger partial charge is 0.134 e. The van der Waals surface area contributed by atoms with Gasteiger partial charge in [0.15, 0.2) is 0 Å². The fourth-order valence-corrected chi connectivity index (χ4v) is 4.07. The Morgan fingerprint density at radius 1 is 0.933 bits per heavy atom. The van der Waals surface area contributed by atoms with Gasteiger partial charge >= 0.3 is 0 Å². The second-order valence-corrected chi connectivity index (χ2v) is 8.11. The summed E-state index contributed by atoms with van der Waals surface area (Å²) in [5, 5.41) is 6.63. The van der Waals surface area contributed by atoms with Gasteiger partial charge < -0.3 is 10.6 Å². The van der Waals surface area contributed by atoms with Gasteiger partial charge in [-0.3, -0.25) is 4.90 Å². The van der Waals surface area contributed by atoms with Gasteiger partial charge in [-0.25, -0.2) is 9.97 Å². The van der Waals surface area contributed by atoms with Crippen LogP contribution in [0.4, 0.5) is 5.82 Å². The summed E-state index contributed by atoms with van der Waals surface area (Å²) < 4.78 is 0. The van der Waals surface area contributed by atoms with Gasteiger partial charge in [0.2, 0.25) is 0 Å². The third-order valence-electron chi connectivity index (χ3n) is 5.70. The van der Waals surface area contributed by atoms with Crippen LogP contribution in [0.5, 0.6) is 0 Å². The van der Waals surface area contributed by atoms with Crippen molar-refractivity contribution in [1.82, 2.24) is 20.2 Å². The highest BCUT2D eigenvalue weighted by Crippen LogP contribution is 2.24. The number of nitrogens with one attached hydrogen (secondary N) is 2. The van der Waals surface area contributed by atoms with Gasteiger partial charge in [-0.2, -0.15) is 0 Å². The molecule has 3 aromatic rings. The average molecular weight is 402 g/mol. The van der Waals surface area contributed by atoms with Crippen LogP contribution in [0.2, 0.25) is 0 Å². The van der Waals surface area contributed by atoms with E-state index in [-0.39, 0.29) is 0 Å². The van der Waals surface area contributed by atoms with Crippen molar-refractivity contribution in [3.63, 3.8) is 0 Å². The molecule has 1 fully saturated rings. The molecule has 1 aliphatic heterocycles.